The molecule has 1 fully saturated rings. The van der Waals surface area contributed by atoms with Gasteiger partial charge in [0.1, 0.15) is 0 Å². The minimum atomic E-state index is 0. The van der Waals surface area contributed by atoms with Crippen molar-refractivity contribution < 1.29 is 4.79 Å². The normalized spacial score (nSPS) is 21.3. The van der Waals surface area contributed by atoms with E-state index in [1.165, 1.54) is 57.8 Å². The Morgan fingerprint density at radius 3 is 1.38 bits per heavy atom. The van der Waals surface area contributed by atoms with Crippen molar-refractivity contribution in [3.05, 3.63) is 0 Å². The molecule has 2 heteroatoms. The van der Waals surface area contributed by atoms with Gasteiger partial charge in [0.05, 0.1) is 0 Å². The van der Waals surface area contributed by atoms with Crippen LogP contribution in [-0.2, 0) is 4.79 Å². The van der Waals surface area contributed by atoms with Gasteiger partial charge in [-0.25, -0.2) is 0 Å². The zero-order valence-corrected chi connectivity index (χ0v) is 10.6. The van der Waals surface area contributed by atoms with E-state index in [9.17, 15) is 4.79 Å². The lowest BCUT2D eigenvalue weighted by atomic mass is 9.94. The molecule has 0 unspecified atom stereocenters. The van der Waals surface area contributed by atoms with Gasteiger partial charge in [-0.05, 0) is 12.8 Å². The van der Waals surface area contributed by atoms with Crippen molar-refractivity contribution in [3.63, 3.8) is 0 Å². The van der Waals surface area contributed by atoms with Gasteiger partial charge >= 0.3 is 0 Å². The van der Waals surface area contributed by atoms with Crippen LogP contribution in [0.3, 0.4) is 0 Å². The fourth-order valence-corrected chi connectivity index (χ4v) is 2.67. The van der Waals surface area contributed by atoms with E-state index in [-0.39, 0.29) is 18.5 Å². The minimum Gasteiger partial charge on any atom is -0.287 e. The molecule has 0 saturated heterocycles. The highest BCUT2D eigenvalue weighted by atomic mass is 32.1. The van der Waals surface area contributed by atoms with Crippen LogP contribution >= 0.6 is 12.6 Å². The van der Waals surface area contributed by atoms with Crippen LogP contribution in [-0.4, -0.2) is 5.12 Å². The Hall–Kier alpha value is 0.0200. The van der Waals surface area contributed by atoms with E-state index in [1.807, 2.05) is 0 Å². The first-order valence-corrected chi connectivity index (χ1v) is 6.98. The fourth-order valence-electron chi connectivity index (χ4n) is 2.41. The highest BCUT2D eigenvalue weighted by Crippen LogP contribution is 2.22. The number of thiol groups is 1. The summed E-state index contributed by atoms with van der Waals surface area (Å²) in [5, 5.41) is 0.118. The molecule has 0 spiro atoms. The predicted octanol–water partition coefficient (Wildman–Crippen LogP) is 5.00. The first-order valence-electron chi connectivity index (χ1n) is 6.53. The van der Waals surface area contributed by atoms with Crippen LogP contribution in [0.15, 0.2) is 0 Å². The van der Waals surface area contributed by atoms with Gasteiger partial charge in [-0.2, -0.15) is 0 Å². The lowest BCUT2D eigenvalue weighted by Crippen LogP contribution is -2.09. The molecule has 0 heterocycles. The maximum absolute atomic E-state index is 11.3. The Balaban J connectivity index is 0.00000225. The van der Waals surface area contributed by atoms with Crippen LogP contribution in [0.1, 0.15) is 78.1 Å². The summed E-state index contributed by atoms with van der Waals surface area (Å²) >= 11 is 4.00. The van der Waals surface area contributed by atoms with Crippen LogP contribution in [0, 0.1) is 5.92 Å². The van der Waals surface area contributed by atoms with E-state index in [0.29, 0.717) is 0 Å². The summed E-state index contributed by atoms with van der Waals surface area (Å²) in [7, 11) is 0. The molecule has 1 saturated carbocycles. The molecule has 0 atom stereocenters. The maximum Gasteiger partial charge on any atom is 0.188 e. The average Bonchev–Trinajstić information content (AvgIpc) is 2.18. The fraction of sp³-hybridized carbons (Fsp3) is 0.929. The Kier molecular flexibility index (Phi) is 10.2. The molecule has 0 radical (unpaired) electrons. The molecule has 1 aliphatic carbocycles. The second kappa shape index (κ2) is 10.2. The topological polar surface area (TPSA) is 17.1 Å². The summed E-state index contributed by atoms with van der Waals surface area (Å²) in [4.78, 5) is 11.3. The van der Waals surface area contributed by atoms with Crippen LogP contribution < -0.4 is 0 Å². The third-order valence-electron chi connectivity index (χ3n) is 3.45. The van der Waals surface area contributed by atoms with E-state index < -0.39 is 0 Å². The van der Waals surface area contributed by atoms with Crippen molar-refractivity contribution in [3.8, 4) is 0 Å². The Labute approximate surface area is 107 Å². The zero-order valence-electron chi connectivity index (χ0n) is 9.71. The summed E-state index contributed by atoms with van der Waals surface area (Å²) in [6.45, 7) is 0. The van der Waals surface area contributed by atoms with Gasteiger partial charge < -0.3 is 0 Å². The lowest BCUT2D eigenvalue weighted by Gasteiger charge is -2.14. The number of hydrogen-bond donors (Lipinski definition) is 1. The maximum atomic E-state index is 11.3. The largest absolute Gasteiger partial charge is 0.287 e. The first kappa shape index (κ1) is 16.0. The first-order chi connectivity index (χ1) is 7.30. The summed E-state index contributed by atoms with van der Waals surface area (Å²) in [6, 6.07) is 0. The number of carbonyl (C=O) groups is 1. The lowest BCUT2D eigenvalue weighted by molar-refractivity contribution is -0.114. The molecule has 1 nitrogen and oxygen atoms in total. The molecular weight excluding hydrogens is 216 g/mol. The van der Waals surface area contributed by atoms with E-state index in [2.05, 4.69) is 12.6 Å². The number of carbonyl (C=O) groups excluding carboxylic acids is 1. The molecule has 0 aromatic carbocycles. The predicted molar refractivity (Wildman–Crippen MR) is 75.0 cm³/mol. The second-order valence-corrected chi connectivity index (χ2v) is 5.24. The molecule has 16 heavy (non-hydrogen) atoms. The third-order valence-corrected chi connectivity index (χ3v) is 3.82. The van der Waals surface area contributed by atoms with E-state index in [4.69, 9.17) is 0 Å². The SMILES string of the molecule is C.O=C(S)C1CCCCCCCCCCC1. The summed E-state index contributed by atoms with van der Waals surface area (Å²) in [5.41, 5.74) is 0. The van der Waals surface area contributed by atoms with E-state index >= 15 is 0 Å². The Morgan fingerprint density at radius 2 is 1.06 bits per heavy atom. The molecule has 0 aromatic heterocycles. The van der Waals surface area contributed by atoms with E-state index in [0.717, 1.165) is 12.8 Å². The zero-order chi connectivity index (χ0) is 10.9. The molecule has 96 valence electrons. The van der Waals surface area contributed by atoms with Crippen molar-refractivity contribution in [2.75, 3.05) is 0 Å². The van der Waals surface area contributed by atoms with Crippen LogP contribution in [0.5, 0.6) is 0 Å². The van der Waals surface area contributed by atoms with Gasteiger partial charge in [-0.3, -0.25) is 4.79 Å². The van der Waals surface area contributed by atoms with Crippen LogP contribution in [0.4, 0.5) is 0 Å². The summed E-state index contributed by atoms with van der Waals surface area (Å²) in [6.07, 6.45) is 14.1. The van der Waals surface area contributed by atoms with Crippen LogP contribution in [0.2, 0.25) is 0 Å². The second-order valence-electron chi connectivity index (χ2n) is 4.79. The van der Waals surface area contributed by atoms with Crippen molar-refractivity contribution in [2.45, 2.75) is 78.1 Å². The van der Waals surface area contributed by atoms with Gasteiger partial charge in [0.2, 0.25) is 0 Å². The number of rotatable bonds is 1. The Morgan fingerprint density at radius 1 is 0.750 bits per heavy atom. The van der Waals surface area contributed by atoms with Gasteiger partial charge in [0.15, 0.2) is 5.12 Å². The van der Waals surface area contributed by atoms with Gasteiger partial charge in [-0.15, -0.1) is 12.6 Å². The van der Waals surface area contributed by atoms with Crippen LogP contribution in [0.25, 0.3) is 0 Å². The summed E-state index contributed by atoms with van der Waals surface area (Å²) < 4.78 is 0. The summed E-state index contributed by atoms with van der Waals surface area (Å²) in [5.74, 6) is 0.243. The monoisotopic (exact) mass is 244 g/mol. The molecule has 0 aliphatic heterocycles. The molecule has 0 aromatic rings. The minimum absolute atomic E-state index is 0. The highest BCUT2D eigenvalue weighted by Gasteiger charge is 2.14. The van der Waals surface area contributed by atoms with E-state index in [1.54, 1.807) is 0 Å². The smallest absolute Gasteiger partial charge is 0.188 e. The standard InChI is InChI=1S/C13H24OS.CH4/c14-13(15)12-10-8-6-4-2-1-3-5-7-9-11-12;/h12H,1-11H2,(H,14,15);1H4. The molecule has 0 bridgehead atoms. The Bertz CT molecular complexity index is 168. The highest BCUT2D eigenvalue weighted by molar-refractivity contribution is 7.96. The van der Waals surface area contributed by atoms with Crippen molar-refractivity contribution in [1.29, 1.82) is 0 Å². The average molecular weight is 244 g/mol. The molecule has 1 rings (SSSR count). The quantitative estimate of drug-likeness (QED) is 0.642. The van der Waals surface area contributed by atoms with Gasteiger partial charge in [-0.1, -0.05) is 65.2 Å². The van der Waals surface area contributed by atoms with Crippen molar-refractivity contribution in [2.24, 2.45) is 5.92 Å². The number of hydrogen-bond acceptors (Lipinski definition) is 1. The van der Waals surface area contributed by atoms with Crippen molar-refractivity contribution in [1.82, 2.24) is 0 Å². The molecular formula is C14H28OS. The van der Waals surface area contributed by atoms with Crippen molar-refractivity contribution >= 4 is 17.7 Å². The van der Waals surface area contributed by atoms with Gasteiger partial charge in [0.25, 0.3) is 0 Å². The third kappa shape index (κ3) is 7.32. The molecule has 0 amide bonds. The van der Waals surface area contributed by atoms with Gasteiger partial charge in [0, 0.05) is 5.92 Å². The molecule has 1 aliphatic rings. The molecule has 0 N–H and O–H groups in total.